The van der Waals surface area contributed by atoms with E-state index in [4.69, 9.17) is 10.5 Å². The maximum absolute atomic E-state index is 12.2. The minimum absolute atomic E-state index is 0.177. The molecule has 0 saturated carbocycles. The van der Waals surface area contributed by atoms with Gasteiger partial charge in [-0.3, -0.25) is 0 Å². The van der Waals surface area contributed by atoms with E-state index in [2.05, 4.69) is 14.9 Å². The molecule has 2 fully saturated rings. The van der Waals surface area contributed by atoms with Crippen molar-refractivity contribution in [2.75, 3.05) is 36.8 Å². The molecule has 0 aliphatic carbocycles. The second-order valence-electron chi connectivity index (χ2n) is 8.39. The summed E-state index contributed by atoms with van der Waals surface area (Å²) in [7, 11) is 0. The van der Waals surface area contributed by atoms with Gasteiger partial charge in [-0.05, 0) is 58.3 Å². The monoisotopic (exact) mass is 361 g/mol. The summed E-state index contributed by atoms with van der Waals surface area (Å²) in [6.45, 7) is 9.29. The number of nitrogen functional groups attached to an aromatic ring is 1. The van der Waals surface area contributed by atoms with Gasteiger partial charge in [-0.15, -0.1) is 0 Å². The number of rotatable bonds is 2. The number of amides is 1. The van der Waals surface area contributed by atoms with Crippen LogP contribution in [0.15, 0.2) is 12.4 Å². The Morgan fingerprint density at radius 2 is 1.58 bits per heavy atom. The van der Waals surface area contributed by atoms with Gasteiger partial charge in [-0.2, -0.15) is 0 Å². The van der Waals surface area contributed by atoms with Crippen LogP contribution in [0.3, 0.4) is 0 Å². The van der Waals surface area contributed by atoms with Crippen LogP contribution < -0.4 is 10.6 Å². The third-order valence-corrected chi connectivity index (χ3v) is 5.40. The second-order valence-corrected chi connectivity index (χ2v) is 8.39. The fraction of sp³-hybridized carbons (Fsp3) is 0.737. The van der Waals surface area contributed by atoms with E-state index in [1.165, 1.54) is 0 Å². The largest absolute Gasteiger partial charge is 0.444 e. The molecule has 0 unspecified atom stereocenters. The van der Waals surface area contributed by atoms with E-state index >= 15 is 0 Å². The van der Waals surface area contributed by atoms with Gasteiger partial charge in [0.2, 0.25) is 0 Å². The van der Waals surface area contributed by atoms with Gasteiger partial charge in [-0.1, -0.05) is 0 Å². The molecule has 2 aliphatic rings. The quantitative estimate of drug-likeness (QED) is 0.872. The molecule has 0 atom stereocenters. The topological polar surface area (TPSA) is 84.6 Å². The highest BCUT2D eigenvalue weighted by molar-refractivity contribution is 5.68. The number of ether oxygens (including phenoxy) is 1. The fourth-order valence-corrected chi connectivity index (χ4v) is 4.05. The Kier molecular flexibility index (Phi) is 5.53. The molecule has 7 nitrogen and oxygen atoms in total. The number of likely N-dealkylation sites (tertiary alicyclic amines) is 1. The van der Waals surface area contributed by atoms with Crippen molar-refractivity contribution in [1.82, 2.24) is 14.9 Å². The molecular formula is C19H31N5O2. The zero-order valence-corrected chi connectivity index (χ0v) is 16.1. The van der Waals surface area contributed by atoms with Crippen molar-refractivity contribution in [3.05, 3.63) is 12.4 Å². The van der Waals surface area contributed by atoms with Crippen molar-refractivity contribution in [1.29, 1.82) is 0 Å². The lowest BCUT2D eigenvalue weighted by atomic mass is 9.79. The Hall–Kier alpha value is -2.05. The molecule has 0 bridgehead atoms. The molecule has 0 radical (unpaired) electrons. The Morgan fingerprint density at radius 1 is 1.04 bits per heavy atom. The lowest BCUT2D eigenvalue weighted by molar-refractivity contribution is 0.0152. The molecule has 1 amide bonds. The molecule has 1 aromatic heterocycles. The van der Waals surface area contributed by atoms with Gasteiger partial charge in [0, 0.05) is 38.6 Å². The highest BCUT2D eigenvalue weighted by atomic mass is 16.6. The molecule has 0 spiro atoms. The Balaban J connectivity index is 1.47. The number of carbonyl (C=O) groups excluding carboxylic acids is 1. The smallest absolute Gasteiger partial charge is 0.410 e. The molecule has 2 N–H and O–H groups in total. The standard InChI is InChI=1S/C19H31N5O2/c1-19(2,3)26-18(25)24-12-6-15(7-13-24)14-4-10-23(11-5-14)17-16(20)21-8-9-22-17/h8-9,14-15H,4-7,10-13H2,1-3H3,(H2,20,21). The summed E-state index contributed by atoms with van der Waals surface area (Å²) in [5.74, 6) is 2.72. The minimum atomic E-state index is -0.428. The summed E-state index contributed by atoms with van der Waals surface area (Å²) in [5, 5.41) is 0. The summed E-state index contributed by atoms with van der Waals surface area (Å²) in [5.41, 5.74) is 5.52. The Labute approximate surface area is 155 Å². The van der Waals surface area contributed by atoms with Gasteiger partial charge in [0.1, 0.15) is 5.60 Å². The summed E-state index contributed by atoms with van der Waals surface area (Å²) in [6, 6.07) is 0. The fourth-order valence-electron chi connectivity index (χ4n) is 4.05. The van der Waals surface area contributed by atoms with E-state index in [9.17, 15) is 4.79 Å². The van der Waals surface area contributed by atoms with Crippen LogP contribution in [0.25, 0.3) is 0 Å². The molecule has 2 aliphatic heterocycles. The Morgan fingerprint density at radius 3 is 2.12 bits per heavy atom. The third kappa shape index (κ3) is 4.56. The number of aromatic nitrogens is 2. The summed E-state index contributed by atoms with van der Waals surface area (Å²) < 4.78 is 5.49. The maximum Gasteiger partial charge on any atom is 0.410 e. The molecule has 1 aromatic rings. The Bertz CT molecular complexity index is 615. The summed E-state index contributed by atoms with van der Waals surface area (Å²) in [4.78, 5) is 24.8. The molecule has 0 aromatic carbocycles. The molecule has 26 heavy (non-hydrogen) atoms. The van der Waals surface area contributed by atoms with Crippen molar-refractivity contribution in [2.45, 2.75) is 52.1 Å². The van der Waals surface area contributed by atoms with E-state index in [-0.39, 0.29) is 6.09 Å². The van der Waals surface area contributed by atoms with Crippen molar-refractivity contribution in [2.24, 2.45) is 11.8 Å². The zero-order chi connectivity index (χ0) is 18.7. The van der Waals surface area contributed by atoms with E-state index in [1.54, 1.807) is 12.4 Å². The van der Waals surface area contributed by atoms with Crippen molar-refractivity contribution < 1.29 is 9.53 Å². The first-order chi connectivity index (χ1) is 12.3. The molecule has 3 heterocycles. The van der Waals surface area contributed by atoms with Crippen LogP contribution in [0.1, 0.15) is 46.5 Å². The number of nitrogens with two attached hydrogens (primary N) is 1. The van der Waals surface area contributed by atoms with E-state index in [0.29, 0.717) is 17.7 Å². The number of carbonyl (C=O) groups is 1. The van der Waals surface area contributed by atoms with Crippen molar-refractivity contribution >= 4 is 17.7 Å². The average molecular weight is 361 g/mol. The molecule has 7 heteroatoms. The lowest BCUT2D eigenvalue weighted by Gasteiger charge is -2.40. The maximum atomic E-state index is 12.2. The summed E-state index contributed by atoms with van der Waals surface area (Å²) in [6.07, 6.45) is 7.58. The van der Waals surface area contributed by atoms with Gasteiger partial charge in [0.25, 0.3) is 0 Å². The lowest BCUT2D eigenvalue weighted by Crippen LogP contribution is -2.44. The van der Waals surface area contributed by atoms with Gasteiger partial charge >= 0.3 is 6.09 Å². The minimum Gasteiger partial charge on any atom is -0.444 e. The molecule has 2 saturated heterocycles. The van der Waals surface area contributed by atoms with E-state index < -0.39 is 5.60 Å². The zero-order valence-electron chi connectivity index (χ0n) is 16.1. The highest BCUT2D eigenvalue weighted by Crippen LogP contribution is 2.34. The number of nitrogens with zero attached hydrogens (tertiary/aromatic N) is 4. The molecular weight excluding hydrogens is 330 g/mol. The van der Waals surface area contributed by atoms with Crippen LogP contribution in [0.5, 0.6) is 0 Å². The third-order valence-electron chi connectivity index (χ3n) is 5.40. The second kappa shape index (κ2) is 7.68. The number of hydrogen-bond acceptors (Lipinski definition) is 6. The van der Waals surface area contributed by atoms with Gasteiger partial charge < -0.3 is 20.3 Å². The number of hydrogen-bond donors (Lipinski definition) is 1. The van der Waals surface area contributed by atoms with Crippen LogP contribution >= 0.6 is 0 Å². The van der Waals surface area contributed by atoms with Gasteiger partial charge in [0.05, 0.1) is 0 Å². The molecule has 3 rings (SSSR count). The summed E-state index contributed by atoms with van der Waals surface area (Å²) >= 11 is 0. The van der Waals surface area contributed by atoms with Crippen LogP contribution in [0.2, 0.25) is 0 Å². The first-order valence-corrected chi connectivity index (χ1v) is 9.63. The predicted molar refractivity (Wildman–Crippen MR) is 102 cm³/mol. The normalized spacial score (nSPS) is 20.3. The van der Waals surface area contributed by atoms with Crippen LogP contribution in [-0.2, 0) is 4.74 Å². The number of piperidine rings is 2. The van der Waals surface area contributed by atoms with Crippen molar-refractivity contribution in [3.63, 3.8) is 0 Å². The molecule has 144 valence electrons. The van der Waals surface area contributed by atoms with Crippen molar-refractivity contribution in [3.8, 4) is 0 Å². The highest BCUT2D eigenvalue weighted by Gasteiger charge is 2.32. The predicted octanol–water partition coefficient (Wildman–Crippen LogP) is 2.92. The van der Waals surface area contributed by atoms with Crippen LogP contribution in [0.4, 0.5) is 16.4 Å². The SMILES string of the molecule is CC(C)(C)OC(=O)N1CCC(C2CCN(c3nccnc3N)CC2)CC1. The number of anilines is 2. The van der Waals surface area contributed by atoms with E-state index in [0.717, 1.165) is 57.7 Å². The van der Waals surface area contributed by atoms with E-state index in [1.807, 2.05) is 25.7 Å². The van der Waals surface area contributed by atoms with Gasteiger partial charge in [-0.25, -0.2) is 14.8 Å². The van der Waals surface area contributed by atoms with Gasteiger partial charge in [0.15, 0.2) is 11.6 Å². The van der Waals surface area contributed by atoms with Crippen LogP contribution in [-0.4, -0.2) is 52.7 Å². The first kappa shape index (κ1) is 18.7. The van der Waals surface area contributed by atoms with Crippen LogP contribution in [0, 0.1) is 11.8 Å². The first-order valence-electron chi connectivity index (χ1n) is 9.63. The average Bonchev–Trinajstić information content (AvgIpc) is 2.61.